The van der Waals surface area contributed by atoms with Gasteiger partial charge in [0.2, 0.25) is 0 Å². The molecule has 2 aliphatic rings. The number of benzene rings is 2. The molecule has 1 aliphatic carbocycles. The Kier molecular flexibility index (Phi) is 4.42. The maximum atomic E-state index is 15.1. The van der Waals surface area contributed by atoms with Gasteiger partial charge in [-0.2, -0.15) is 0 Å². The average Bonchev–Trinajstić information content (AvgIpc) is 2.63. The maximum Gasteiger partial charge on any atom is 0.165 e. The van der Waals surface area contributed by atoms with E-state index in [1.807, 2.05) is 19.1 Å². The zero-order chi connectivity index (χ0) is 18.5. The zero-order valence-corrected chi connectivity index (χ0v) is 15.2. The van der Waals surface area contributed by atoms with Crippen molar-refractivity contribution >= 4 is 11.6 Å². The second kappa shape index (κ2) is 6.49. The predicted octanol–water partition coefficient (Wildman–Crippen LogP) is 5.88. The van der Waals surface area contributed by atoms with Gasteiger partial charge in [0.25, 0.3) is 0 Å². The second-order valence-electron chi connectivity index (χ2n) is 7.57. The third-order valence-corrected chi connectivity index (χ3v) is 6.33. The molecule has 2 aromatic rings. The predicted molar refractivity (Wildman–Crippen MR) is 95.5 cm³/mol. The van der Waals surface area contributed by atoms with Crippen LogP contribution in [0.2, 0.25) is 5.02 Å². The number of rotatable bonds is 2. The van der Waals surface area contributed by atoms with Crippen LogP contribution < -0.4 is 4.74 Å². The van der Waals surface area contributed by atoms with Crippen molar-refractivity contribution in [1.82, 2.24) is 0 Å². The van der Waals surface area contributed by atoms with Crippen LogP contribution in [0.3, 0.4) is 0 Å². The summed E-state index contributed by atoms with van der Waals surface area (Å²) in [4.78, 5) is 0. The Labute approximate surface area is 156 Å². The minimum absolute atomic E-state index is 0.0584. The molecule has 138 valence electrons. The molecule has 1 nitrogen and oxygen atoms in total. The summed E-state index contributed by atoms with van der Waals surface area (Å²) < 4.78 is 49.9. The van der Waals surface area contributed by atoms with Crippen LogP contribution in [-0.4, -0.2) is 12.8 Å². The molecule has 0 bridgehead atoms. The van der Waals surface area contributed by atoms with Crippen LogP contribution in [0.4, 0.5) is 13.2 Å². The summed E-state index contributed by atoms with van der Waals surface area (Å²) in [5.41, 5.74) is 0.301. The monoisotopic (exact) mass is 380 g/mol. The fourth-order valence-electron chi connectivity index (χ4n) is 4.68. The first kappa shape index (κ1) is 17.7. The fourth-order valence-corrected chi connectivity index (χ4v) is 4.80. The summed E-state index contributed by atoms with van der Waals surface area (Å²) in [6.45, 7) is 1.93. The van der Waals surface area contributed by atoms with Gasteiger partial charge < -0.3 is 4.74 Å². The molecule has 0 radical (unpaired) electrons. The molecule has 1 aliphatic heterocycles. The first-order chi connectivity index (χ1) is 12.4. The van der Waals surface area contributed by atoms with Gasteiger partial charge in [0.05, 0.1) is 6.61 Å². The Balaban J connectivity index is 1.88. The van der Waals surface area contributed by atoms with E-state index in [0.717, 1.165) is 17.7 Å². The van der Waals surface area contributed by atoms with Crippen molar-refractivity contribution in [2.45, 2.75) is 37.8 Å². The summed E-state index contributed by atoms with van der Waals surface area (Å²) >= 11 is 5.97. The van der Waals surface area contributed by atoms with E-state index in [4.69, 9.17) is 16.3 Å². The van der Waals surface area contributed by atoms with Crippen LogP contribution in [0.1, 0.15) is 30.9 Å². The van der Waals surface area contributed by atoms with E-state index in [1.54, 1.807) is 12.1 Å². The molecule has 26 heavy (non-hydrogen) atoms. The van der Waals surface area contributed by atoms with Crippen molar-refractivity contribution in [1.29, 1.82) is 0 Å². The molecular formula is C21H20ClF3O. The van der Waals surface area contributed by atoms with Gasteiger partial charge in [-0.1, -0.05) is 30.7 Å². The smallest absolute Gasteiger partial charge is 0.165 e. The molecule has 0 spiro atoms. The molecular weight excluding hydrogens is 361 g/mol. The van der Waals surface area contributed by atoms with E-state index < -0.39 is 29.1 Å². The summed E-state index contributed by atoms with van der Waals surface area (Å²) in [6, 6.07) is 9.46. The van der Waals surface area contributed by atoms with Crippen molar-refractivity contribution in [3.8, 4) is 5.75 Å². The second-order valence-corrected chi connectivity index (χ2v) is 8.01. The Bertz CT molecular complexity index is 823. The normalized spacial score (nSPS) is 30.3. The first-order valence-corrected chi connectivity index (χ1v) is 9.30. The molecule has 4 rings (SSSR count). The van der Waals surface area contributed by atoms with Gasteiger partial charge in [0, 0.05) is 21.9 Å². The molecule has 0 amide bonds. The van der Waals surface area contributed by atoms with E-state index in [2.05, 4.69) is 0 Å². The standard InChI is InChI=1S/C21H20ClF3O/c1-12-8-9-21(10-13-2-4-14(22)5-3-13)15(19(12)25)11-26-20-17(24)7-6-16(23)18(20)21/h2-7,12,15,19H,8-11H2,1H3/t12-,15+,19-,21+/m1/s1. The van der Waals surface area contributed by atoms with Gasteiger partial charge in [-0.25, -0.2) is 13.2 Å². The van der Waals surface area contributed by atoms with Crippen LogP contribution in [-0.2, 0) is 11.8 Å². The van der Waals surface area contributed by atoms with Crippen LogP contribution in [0.15, 0.2) is 36.4 Å². The topological polar surface area (TPSA) is 9.23 Å². The summed E-state index contributed by atoms with van der Waals surface area (Å²) in [6.07, 6.45) is 0.532. The van der Waals surface area contributed by atoms with E-state index in [9.17, 15) is 8.78 Å². The lowest BCUT2D eigenvalue weighted by Crippen LogP contribution is -2.54. The number of fused-ring (bicyclic) bond motifs is 3. The van der Waals surface area contributed by atoms with Crippen molar-refractivity contribution < 1.29 is 17.9 Å². The Morgan fingerprint density at radius 1 is 1.12 bits per heavy atom. The summed E-state index contributed by atoms with van der Waals surface area (Å²) in [5, 5.41) is 0.605. The number of ether oxygens (including phenoxy) is 1. The SMILES string of the molecule is C[C@@H]1CC[C@@]2(Cc3ccc(Cl)cc3)c3c(F)ccc(F)c3OC[C@H]2[C@@H]1F. The zero-order valence-electron chi connectivity index (χ0n) is 14.4. The molecule has 4 atom stereocenters. The molecule has 0 unspecified atom stereocenters. The molecule has 1 fully saturated rings. The van der Waals surface area contributed by atoms with Crippen LogP contribution in [0.25, 0.3) is 0 Å². The highest BCUT2D eigenvalue weighted by Gasteiger charge is 2.54. The lowest BCUT2D eigenvalue weighted by atomic mass is 9.56. The molecule has 0 aromatic heterocycles. The quantitative estimate of drug-likeness (QED) is 0.632. The lowest BCUT2D eigenvalue weighted by Gasteiger charge is -2.51. The number of hydrogen-bond acceptors (Lipinski definition) is 1. The van der Waals surface area contributed by atoms with Gasteiger partial charge in [-0.3, -0.25) is 0 Å². The van der Waals surface area contributed by atoms with Gasteiger partial charge in [-0.05, 0) is 55.0 Å². The van der Waals surface area contributed by atoms with Crippen molar-refractivity contribution in [3.63, 3.8) is 0 Å². The lowest BCUT2D eigenvalue weighted by molar-refractivity contribution is -0.0135. The van der Waals surface area contributed by atoms with E-state index >= 15 is 4.39 Å². The highest BCUT2D eigenvalue weighted by Crippen LogP contribution is 2.55. The highest BCUT2D eigenvalue weighted by atomic mass is 35.5. The maximum absolute atomic E-state index is 15.1. The minimum Gasteiger partial charge on any atom is -0.490 e. The summed E-state index contributed by atoms with van der Waals surface area (Å²) in [5.74, 6) is -1.81. The molecule has 0 saturated heterocycles. The van der Waals surface area contributed by atoms with Crippen LogP contribution >= 0.6 is 11.6 Å². The molecule has 0 N–H and O–H groups in total. The largest absolute Gasteiger partial charge is 0.490 e. The van der Waals surface area contributed by atoms with Gasteiger partial charge in [0.1, 0.15) is 12.0 Å². The third-order valence-electron chi connectivity index (χ3n) is 6.08. The van der Waals surface area contributed by atoms with Gasteiger partial charge >= 0.3 is 0 Å². The molecule has 2 aromatic carbocycles. The number of halogens is 4. The number of alkyl halides is 1. The summed E-state index contributed by atoms with van der Waals surface area (Å²) in [7, 11) is 0. The van der Waals surface area contributed by atoms with Gasteiger partial charge in [0.15, 0.2) is 11.6 Å². The Morgan fingerprint density at radius 2 is 1.81 bits per heavy atom. The van der Waals surface area contributed by atoms with Crippen molar-refractivity contribution in [2.24, 2.45) is 11.8 Å². The third kappa shape index (κ3) is 2.70. The minimum atomic E-state index is -1.12. The Morgan fingerprint density at radius 3 is 2.54 bits per heavy atom. The molecule has 5 heteroatoms. The van der Waals surface area contributed by atoms with E-state index in [0.29, 0.717) is 24.3 Å². The molecule has 1 saturated carbocycles. The van der Waals surface area contributed by atoms with E-state index in [1.165, 1.54) is 0 Å². The fraction of sp³-hybridized carbons (Fsp3) is 0.429. The number of hydrogen-bond donors (Lipinski definition) is 0. The van der Waals surface area contributed by atoms with Crippen molar-refractivity contribution in [3.05, 3.63) is 64.2 Å². The molecule has 1 heterocycles. The van der Waals surface area contributed by atoms with E-state index in [-0.39, 0.29) is 23.8 Å². The Hall–Kier alpha value is -1.68. The highest BCUT2D eigenvalue weighted by molar-refractivity contribution is 6.30. The van der Waals surface area contributed by atoms with Gasteiger partial charge in [-0.15, -0.1) is 0 Å². The first-order valence-electron chi connectivity index (χ1n) is 8.92. The average molecular weight is 381 g/mol. The van der Waals surface area contributed by atoms with Crippen LogP contribution in [0, 0.1) is 23.5 Å². The van der Waals surface area contributed by atoms with Crippen LogP contribution in [0.5, 0.6) is 5.75 Å². The van der Waals surface area contributed by atoms with Crippen molar-refractivity contribution in [2.75, 3.05) is 6.61 Å².